The van der Waals surface area contributed by atoms with Gasteiger partial charge >= 0.3 is 0 Å². The second-order valence-corrected chi connectivity index (χ2v) is 7.09. The van der Waals surface area contributed by atoms with Crippen LogP contribution in [0.3, 0.4) is 0 Å². The minimum atomic E-state index is -1.52. The summed E-state index contributed by atoms with van der Waals surface area (Å²) in [7, 11) is 0. The van der Waals surface area contributed by atoms with E-state index in [1.807, 2.05) is 13.8 Å². The monoisotopic (exact) mass is 346 g/mol. The molecule has 138 valence electrons. The number of hydrogen-bond acceptors (Lipinski definition) is 8. The van der Waals surface area contributed by atoms with Crippen molar-refractivity contribution in [3.05, 3.63) is 11.6 Å². The van der Waals surface area contributed by atoms with Gasteiger partial charge in [-0.3, -0.25) is 4.79 Å². The van der Waals surface area contributed by atoms with Crippen LogP contribution in [-0.4, -0.2) is 81.8 Å². The number of rotatable bonds is 5. The highest BCUT2D eigenvalue weighted by atomic mass is 16.7. The van der Waals surface area contributed by atoms with Crippen molar-refractivity contribution in [3.8, 4) is 0 Å². The van der Waals surface area contributed by atoms with Crippen LogP contribution in [0.4, 0.5) is 0 Å². The normalized spacial score (nSPS) is 39.6. The molecule has 0 aromatic carbocycles. The van der Waals surface area contributed by atoms with E-state index in [-0.39, 0.29) is 24.9 Å². The molecule has 5 N–H and O–H groups in total. The summed E-state index contributed by atoms with van der Waals surface area (Å²) in [5.41, 5.74) is 0.157. The molecule has 0 unspecified atom stereocenters. The lowest BCUT2D eigenvalue weighted by atomic mass is 9.68. The molecule has 2 aliphatic rings. The van der Waals surface area contributed by atoms with Gasteiger partial charge in [-0.1, -0.05) is 13.8 Å². The van der Waals surface area contributed by atoms with Crippen molar-refractivity contribution < 1.29 is 39.8 Å². The van der Waals surface area contributed by atoms with Crippen LogP contribution in [0.1, 0.15) is 20.3 Å². The molecule has 1 heterocycles. The van der Waals surface area contributed by atoms with Gasteiger partial charge in [0.1, 0.15) is 24.4 Å². The van der Waals surface area contributed by atoms with Crippen molar-refractivity contribution >= 4 is 5.78 Å². The van der Waals surface area contributed by atoms with Crippen LogP contribution in [0.5, 0.6) is 0 Å². The van der Waals surface area contributed by atoms with Crippen molar-refractivity contribution in [2.45, 2.75) is 51.0 Å². The lowest BCUT2D eigenvalue weighted by Crippen LogP contribution is -2.59. The maximum atomic E-state index is 11.9. The third-order valence-corrected chi connectivity index (χ3v) is 4.81. The first-order valence-electron chi connectivity index (χ1n) is 7.97. The number of carbonyl (C=O) groups excluding carboxylic acids is 1. The van der Waals surface area contributed by atoms with Gasteiger partial charge in [-0.15, -0.1) is 0 Å². The number of carbonyl (C=O) groups is 1. The Hall–Kier alpha value is -0.870. The Morgan fingerprint density at radius 3 is 2.42 bits per heavy atom. The minimum absolute atomic E-state index is 0.0721. The van der Waals surface area contributed by atoms with E-state index in [1.165, 1.54) is 6.08 Å². The molecule has 6 atom stereocenters. The first-order chi connectivity index (χ1) is 11.2. The molecular formula is C16H26O8. The maximum Gasteiger partial charge on any atom is 0.187 e. The van der Waals surface area contributed by atoms with E-state index in [9.17, 15) is 25.2 Å². The topological polar surface area (TPSA) is 137 Å². The van der Waals surface area contributed by atoms with Crippen molar-refractivity contribution in [2.24, 2.45) is 11.3 Å². The average Bonchev–Trinajstić information content (AvgIpc) is 2.50. The highest BCUT2D eigenvalue weighted by molar-refractivity contribution is 5.92. The SMILES string of the molecule is CC1(C)CC(=O)C=C(CO[C@@H]2O[C@H](CO)[C@H](O)[C@H](O)[C@H]2O)[C@H]1CO. The molecule has 0 bridgehead atoms. The van der Waals surface area contributed by atoms with Gasteiger partial charge < -0.3 is 35.0 Å². The molecule has 0 amide bonds. The predicted molar refractivity (Wildman–Crippen MR) is 81.8 cm³/mol. The number of ketones is 1. The molecule has 0 aromatic heterocycles. The van der Waals surface area contributed by atoms with Crippen LogP contribution < -0.4 is 0 Å². The Kier molecular flexibility index (Phi) is 6.14. The van der Waals surface area contributed by atoms with E-state index in [0.717, 1.165) is 0 Å². The van der Waals surface area contributed by atoms with Crippen molar-refractivity contribution in [2.75, 3.05) is 19.8 Å². The summed E-state index contributed by atoms with van der Waals surface area (Å²) >= 11 is 0. The van der Waals surface area contributed by atoms with E-state index in [0.29, 0.717) is 12.0 Å². The van der Waals surface area contributed by atoms with Crippen LogP contribution >= 0.6 is 0 Å². The lowest BCUT2D eigenvalue weighted by Gasteiger charge is -2.41. The zero-order valence-corrected chi connectivity index (χ0v) is 13.8. The lowest BCUT2D eigenvalue weighted by molar-refractivity contribution is -0.299. The summed E-state index contributed by atoms with van der Waals surface area (Å²) in [6.07, 6.45) is -5.04. The molecule has 1 saturated heterocycles. The van der Waals surface area contributed by atoms with Gasteiger partial charge in [0, 0.05) is 12.3 Å². The zero-order chi connectivity index (χ0) is 18.1. The summed E-state index contributed by atoms with van der Waals surface area (Å²) in [6, 6.07) is 0. The Balaban J connectivity index is 2.07. The third-order valence-electron chi connectivity index (χ3n) is 4.81. The third kappa shape index (κ3) is 3.85. The Morgan fingerprint density at radius 2 is 1.83 bits per heavy atom. The van der Waals surface area contributed by atoms with Crippen molar-refractivity contribution in [1.29, 1.82) is 0 Å². The molecule has 8 nitrogen and oxygen atoms in total. The summed E-state index contributed by atoms with van der Waals surface area (Å²) < 4.78 is 10.7. The fourth-order valence-electron chi connectivity index (χ4n) is 3.32. The van der Waals surface area contributed by atoms with Crippen LogP contribution in [0.2, 0.25) is 0 Å². The smallest absolute Gasteiger partial charge is 0.187 e. The predicted octanol–water partition coefficient (Wildman–Crippen LogP) is -1.66. The minimum Gasteiger partial charge on any atom is -0.396 e. The molecule has 1 aliphatic heterocycles. The van der Waals surface area contributed by atoms with Crippen LogP contribution in [0, 0.1) is 11.3 Å². The van der Waals surface area contributed by atoms with Crippen LogP contribution in [0.15, 0.2) is 11.6 Å². The van der Waals surface area contributed by atoms with Crippen LogP contribution in [-0.2, 0) is 14.3 Å². The molecule has 0 radical (unpaired) electrons. The van der Waals surface area contributed by atoms with Gasteiger partial charge in [-0.05, 0) is 17.1 Å². The molecule has 0 spiro atoms. The van der Waals surface area contributed by atoms with E-state index >= 15 is 0 Å². The zero-order valence-electron chi connectivity index (χ0n) is 13.8. The average molecular weight is 346 g/mol. The van der Waals surface area contributed by atoms with E-state index < -0.39 is 42.7 Å². The quantitative estimate of drug-likeness (QED) is 0.399. The highest BCUT2D eigenvalue weighted by Crippen LogP contribution is 2.39. The number of ether oxygens (including phenoxy) is 2. The van der Waals surface area contributed by atoms with E-state index in [4.69, 9.17) is 14.6 Å². The fourth-order valence-corrected chi connectivity index (χ4v) is 3.32. The maximum absolute atomic E-state index is 11.9. The molecule has 0 saturated carbocycles. The first-order valence-corrected chi connectivity index (χ1v) is 7.97. The highest BCUT2D eigenvalue weighted by Gasteiger charge is 2.44. The second kappa shape index (κ2) is 7.57. The Labute approximate surface area is 140 Å². The molecule has 0 aromatic rings. The molecule has 1 fully saturated rings. The van der Waals surface area contributed by atoms with Gasteiger partial charge in [-0.25, -0.2) is 0 Å². The Morgan fingerprint density at radius 1 is 1.17 bits per heavy atom. The van der Waals surface area contributed by atoms with Crippen molar-refractivity contribution in [3.63, 3.8) is 0 Å². The first kappa shape index (κ1) is 19.5. The summed E-state index contributed by atoms with van der Waals surface area (Å²) in [6.45, 7) is 2.99. The molecule has 1 aliphatic carbocycles. The molecular weight excluding hydrogens is 320 g/mol. The molecule has 8 heteroatoms. The van der Waals surface area contributed by atoms with E-state index in [2.05, 4.69) is 0 Å². The fraction of sp³-hybridized carbons (Fsp3) is 0.812. The van der Waals surface area contributed by atoms with E-state index in [1.54, 1.807) is 0 Å². The summed E-state index contributed by atoms with van der Waals surface area (Å²) in [4.78, 5) is 11.9. The van der Waals surface area contributed by atoms with Gasteiger partial charge in [-0.2, -0.15) is 0 Å². The molecule has 2 rings (SSSR count). The van der Waals surface area contributed by atoms with Gasteiger partial charge in [0.25, 0.3) is 0 Å². The summed E-state index contributed by atoms with van der Waals surface area (Å²) in [5, 5.41) is 48.2. The van der Waals surface area contributed by atoms with Gasteiger partial charge in [0.05, 0.1) is 19.8 Å². The second-order valence-electron chi connectivity index (χ2n) is 7.09. The number of hydrogen-bond donors (Lipinski definition) is 5. The summed E-state index contributed by atoms with van der Waals surface area (Å²) in [5.74, 6) is -0.350. The number of aliphatic hydroxyl groups is 5. The van der Waals surface area contributed by atoms with Crippen molar-refractivity contribution in [1.82, 2.24) is 0 Å². The van der Waals surface area contributed by atoms with Gasteiger partial charge in [0.2, 0.25) is 0 Å². The number of allylic oxidation sites excluding steroid dienone is 1. The molecule has 24 heavy (non-hydrogen) atoms. The standard InChI is InChI=1S/C16H26O8/c1-16(2)4-9(19)3-8(10(16)5-17)7-23-15-14(22)13(21)12(20)11(6-18)24-15/h3,10-15,17-18,20-22H,4-7H2,1-2H3/t10-,11-,12+,13+,14-,15-/m1/s1. The number of aliphatic hydroxyl groups excluding tert-OH is 5. The Bertz CT molecular complexity index is 486. The largest absolute Gasteiger partial charge is 0.396 e. The van der Waals surface area contributed by atoms with Gasteiger partial charge in [0.15, 0.2) is 12.1 Å². The van der Waals surface area contributed by atoms with Crippen LogP contribution in [0.25, 0.3) is 0 Å².